The molecule has 0 aromatic heterocycles. The van der Waals surface area contributed by atoms with Gasteiger partial charge in [0.25, 0.3) is 5.91 Å². The van der Waals surface area contributed by atoms with Crippen LogP contribution in [0.15, 0.2) is 40.9 Å². The first-order valence-electron chi connectivity index (χ1n) is 6.86. The van der Waals surface area contributed by atoms with Crippen molar-refractivity contribution in [1.29, 1.82) is 0 Å². The summed E-state index contributed by atoms with van der Waals surface area (Å²) in [7, 11) is 0. The van der Waals surface area contributed by atoms with E-state index < -0.39 is 17.8 Å². The van der Waals surface area contributed by atoms with Gasteiger partial charge in [-0.25, -0.2) is 4.39 Å². The first-order chi connectivity index (χ1) is 10.4. The number of carbonyl (C=O) groups excluding carboxylic acids is 1. The van der Waals surface area contributed by atoms with Crippen molar-refractivity contribution in [3.63, 3.8) is 0 Å². The van der Waals surface area contributed by atoms with E-state index in [4.69, 9.17) is 4.74 Å². The molecule has 0 unspecified atom stereocenters. The summed E-state index contributed by atoms with van der Waals surface area (Å²) in [5.41, 5.74) is 2.21. The Bertz CT molecular complexity index is 703. The summed E-state index contributed by atoms with van der Waals surface area (Å²) in [5.74, 6) is -0.257. The van der Waals surface area contributed by atoms with Crippen molar-refractivity contribution in [3.8, 4) is 5.75 Å². The van der Waals surface area contributed by atoms with Crippen LogP contribution in [-0.2, 0) is 4.79 Å². The molecule has 0 aliphatic heterocycles. The molecule has 2 aromatic carbocycles. The Labute approximate surface area is 137 Å². The number of hydrogen-bond acceptors (Lipinski definition) is 2. The minimum atomic E-state index is -0.732. The highest BCUT2D eigenvalue weighted by molar-refractivity contribution is 9.10. The maximum absolute atomic E-state index is 13.7. The van der Waals surface area contributed by atoms with E-state index in [2.05, 4.69) is 21.2 Å². The summed E-state index contributed by atoms with van der Waals surface area (Å²) in [6.07, 6.45) is -0.732. The third-order valence-corrected chi connectivity index (χ3v) is 3.69. The van der Waals surface area contributed by atoms with Gasteiger partial charge in [-0.1, -0.05) is 33.6 Å². The Balaban J connectivity index is 2.05. The predicted octanol–water partition coefficient (Wildman–Crippen LogP) is 4.61. The Morgan fingerprint density at radius 2 is 1.95 bits per heavy atom. The lowest BCUT2D eigenvalue weighted by Crippen LogP contribution is -2.30. The van der Waals surface area contributed by atoms with Gasteiger partial charge < -0.3 is 10.1 Å². The number of anilines is 1. The fourth-order valence-electron chi connectivity index (χ4n) is 2.00. The Morgan fingerprint density at radius 1 is 1.23 bits per heavy atom. The summed E-state index contributed by atoms with van der Waals surface area (Å²) >= 11 is 3.17. The van der Waals surface area contributed by atoms with Crippen LogP contribution in [0.25, 0.3) is 0 Å². The summed E-state index contributed by atoms with van der Waals surface area (Å²) in [5, 5.41) is 2.53. The van der Waals surface area contributed by atoms with Crippen LogP contribution in [0.1, 0.15) is 18.1 Å². The number of rotatable bonds is 4. The van der Waals surface area contributed by atoms with Crippen LogP contribution in [0.4, 0.5) is 10.1 Å². The molecule has 0 heterocycles. The number of ether oxygens (including phenoxy) is 1. The zero-order valence-electron chi connectivity index (χ0n) is 12.6. The molecular formula is C17H17BrFNO2. The molecular weight excluding hydrogens is 349 g/mol. The SMILES string of the molecule is Cc1ccc(O[C@@H](C)C(=O)Nc2ccc(Br)cc2F)c(C)c1. The molecule has 0 saturated heterocycles. The Morgan fingerprint density at radius 3 is 2.59 bits per heavy atom. The quantitative estimate of drug-likeness (QED) is 0.858. The molecule has 0 aliphatic rings. The van der Waals surface area contributed by atoms with Gasteiger partial charge in [-0.05, 0) is 50.6 Å². The lowest BCUT2D eigenvalue weighted by molar-refractivity contribution is -0.122. The van der Waals surface area contributed by atoms with Crippen LogP contribution < -0.4 is 10.1 Å². The summed E-state index contributed by atoms with van der Waals surface area (Å²) in [4.78, 5) is 12.1. The minimum Gasteiger partial charge on any atom is -0.481 e. The molecule has 1 N–H and O–H groups in total. The Kier molecular flexibility index (Phi) is 5.19. The molecule has 0 bridgehead atoms. The molecule has 3 nitrogen and oxygen atoms in total. The summed E-state index contributed by atoms with van der Waals surface area (Å²) in [6, 6.07) is 10.2. The fraction of sp³-hybridized carbons (Fsp3) is 0.235. The molecule has 116 valence electrons. The van der Waals surface area contributed by atoms with Gasteiger partial charge in [-0.15, -0.1) is 0 Å². The van der Waals surface area contributed by atoms with Crippen molar-refractivity contribution in [1.82, 2.24) is 0 Å². The maximum Gasteiger partial charge on any atom is 0.265 e. The molecule has 1 amide bonds. The van der Waals surface area contributed by atoms with Crippen molar-refractivity contribution < 1.29 is 13.9 Å². The van der Waals surface area contributed by atoms with Gasteiger partial charge in [-0.2, -0.15) is 0 Å². The number of hydrogen-bond donors (Lipinski definition) is 1. The first-order valence-corrected chi connectivity index (χ1v) is 7.66. The van der Waals surface area contributed by atoms with E-state index in [0.29, 0.717) is 10.2 Å². The summed E-state index contributed by atoms with van der Waals surface area (Å²) in [6.45, 7) is 5.54. The van der Waals surface area contributed by atoms with E-state index in [1.54, 1.807) is 13.0 Å². The van der Waals surface area contributed by atoms with Crippen molar-refractivity contribution in [2.45, 2.75) is 26.9 Å². The van der Waals surface area contributed by atoms with E-state index in [0.717, 1.165) is 11.1 Å². The average molecular weight is 366 g/mol. The third kappa shape index (κ3) is 4.07. The molecule has 0 fully saturated rings. The standard InChI is InChI=1S/C17H17BrFNO2/c1-10-4-7-16(11(2)8-10)22-12(3)17(21)20-15-6-5-13(18)9-14(15)19/h4-9,12H,1-3H3,(H,20,21)/t12-/m0/s1. The molecule has 0 aliphatic carbocycles. The highest BCUT2D eigenvalue weighted by Crippen LogP contribution is 2.22. The second kappa shape index (κ2) is 6.92. The van der Waals surface area contributed by atoms with Crippen molar-refractivity contribution in [3.05, 3.63) is 57.8 Å². The predicted molar refractivity (Wildman–Crippen MR) is 88.7 cm³/mol. The third-order valence-electron chi connectivity index (χ3n) is 3.19. The minimum absolute atomic E-state index is 0.129. The number of benzene rings is 2. The van der Waals surface area contributed by atoms with Crippen LogP contribution in [0.2, 0.25) is 0 Å². The van der Waals surface area contributed by atoms with Gasteiger partial charge in [0, 0.05) is 4.47 Å². The van der Waals surface area contributed by atoms with Crippen molar-refractivity contribution >= 4 is 27.5 Å². The normalized spacial score (nSPS) is 11.9. The monoisotopic (exact) mass is 365 g/mol. The van der Waals surface area contributed by atoms with Gasteiger partial charge in [-0.3, -0.25) is 4.79 Å². The van der Waals surface area contributed by atoms with Gasteiger partial charge in [0.2, 0.25) is 0 Å². The molecule has 22 heavy (non-hydrogen) atoms. The molecule has 5 heteroatoms. The molecule has 0 spiro atoms. The largest absolute Gasteiger partial charge is 0.481 e. The molecule has 2 rings (SSSR count). The fourth-order valence-corrected chi connectivity index (χ4v) is 2.33. The highest BCUT2D eigenvalue weighted by Gasteiger charge is 2.17. The zero-order chi connectivity index (χ0) is 16.3. The second-order valence-corrected chi connectivity index (χ2v) is 6.06. The molecule has 2 aromatic rings. The van der Waals surface area contributed by atoms with E-state index in [-0.39, 0.29) is 5.69 Å². The van der Waals surface area contributed by atoms with Crippen LogP contribution in [-0.4, -0.2) is 12.0 Å². The topological polar surface area (TPSA) is 38.3 Å². The summed E-state index contributed by atoms with van der Waals surface area (Å²) < 4.78 is 20.0. The van der Waals surface area contributed by atoms with Crippen molar-refractivity contribution in [2.24, 2.45) is 0 Å². The van der Waals surface area contributed by atoms with Gasteiger partial charge >= 0.3 is 0 Å². The van der Waals surface area contributed by atoms with Gasteiger partial charge in [0.1, 0.15) is 11.6 Å². The smallest absolute Gasteiger partial charge is 0.265 e. The van der Waals surface area contributed by atoms with E-state index in [9.17, 15) is 9.18 Å². The number of carbonyl (C=O) groups is 1. The number of amides is 1. The van der Waals surface area contributed by atoms with Crippen LogP contribution >= 0.6 is 15.9 Å². The molecule has 0 radical (unpaired) electrons. The van der Waals surface area contributed by atoms with Gasteiger partial charge in [0.05, 0.1) is 5.69 Å². The lowest BCUT2D eigenvalue weighted by Gasteiger charge is -2.17. The number of nitrogens with one attached hydrogen (secondary N) is 1. The molecule has 1 atom stereocenters. The first kappa shape index (κ1) is 16.5. The van der Waals surface area contributed by atoms with E-state index >= 15 is 0 Å². The lowest BCUT2D eigenvalue weighted by atomic mass is 10.1. The zero-order valence-corrected chi connectivity index (χ0v) is 14.2. The van der Waals surface area contributed by atoms with Crippen LogP contribution in [0.5, 0.6) is 5.75 Å². The Hall–Kier alpha value is -1.88. The molecule has 0 saturated carbocycles. The number of aryl methyl sites for hydroxylation is 2. The number of halogens is 2. The van der Waals surface area contributed by atoms with E-state index in [1.165, 1.54) is 12.1 Å². The van der Waals surface area contributed by atoms with E-state index in [1.807, 2.05) is 32.0 Å². The van der Waals surface area contributed by atoms with Crippen LogP contribution in [0, 0.1) is 19.7 Å². The van der Waals surface area contributed by atoms with Crippen molar-refractivity contribution in [2.75, 3.05) is 5.32 Å². The maximum atomic E-state index is 13.7. The van der Waals surface area contributed by atoms with Gasteiger partial charge in [0.15, 0.2) is 6.10 Å². The highest BCUT2D eigenvalue weighted by atomic mass is 79.9. The average Bonchev–Trinajstić information content (AvgIpc) is 2.44. The second-order valence-electron chi connectivity index (χ2n) is 5.14. The van der Waals surface area contributed by atoms with Crippen LogP contribution in [0.3, 0.4) is 0 Å².